The van der Waals surface area contributed by atoms with Crippen molar-refractivity contribution in [3.8, 4) is 0 Å². The van der Waals surface area contributed by atoms with Crippen LogP contribution in [0.5, 0.6) is 0 Å². The molecule has 6 heteroatoms. The van der Waals surface area contributed by atoms with Gasteiger partial charge in [-0.05, 0) is 38.4 Å². The van der Waals surface area contributed by atoms with Crippen molar-refractivity contribution >= 4 is 5.91 Å². The minimum absolute atomic E-state index is 0.0422. The van der Waals surface area contributed by atoms with E-state index in [1.807, 2.05) is 11.2 Å². The molecule has 0 unspecified atom stereocenters. The van der Waals surface area contributed by atoms with Gasteiger partial charge in [0.1, 0.15) is 6.26 Å². The number of aryl methyl sites for hydroxylation is 1. The van der Waals surface area contributed by atoms with E-state index in [1.54, 1.807) is 12.3 Å². The van der Waals surface area contributed by atoms with E-state index in [2.05, 4.69) is 14.5 Å². The zero-order valence-electron chi connectivity index (χ0n) is 13.3. The summed E-state index contributed by atoms with van der Waals surface area (Å²) >= 11 is 0. The SMILES string of the molecule is O=C(c1ccoc1)N1CCCn2cnc(CN3CCCC3)c2C1. The van der Waals surface area contributed by atoms with E-state index < -0.39 is 0 Å². The number of furan rings is 1. The molecular weight excluding hydrogens is 292 g/mol. The Morgan fingerprint density at radius 2 is 2.04 bits per heavy atom. The molecule has 0 aliphatic carbocycles. The molecule has 2 aromatic rings. The fourth-order valence-corrected chi connectivity index (χ4v) is 3.54. The highest BCUT2D eigenvalue weighted by molar-refractivity contribution is 5.93. The molecule has 2 aliphatic rings. The quantitative estimate of drug-likeness (QED) is 0.871. The van der Waals surface area contributed by atoms with Crippen LogP contribution in [0, 0.1) is 0 Å². The first-order valence-electron chi connectivity index (χ1n) is 8.38. The van der Waals surface area contributed by atoms with E-state index in [1.165, 1.54) is 24.8 Å². The Kier molecular flexibility index (Phi) is 3.91. The van der Waals surface area contributed by atoms with Crippen molar-refractivity contribution in [2.75, 3.05) is 19.6 Å². The molecule has 0 aromatic carbocycles. The molecule has 1 saturated heterocycles. The summed E-state index contributed by atoms with van der Waals surface area (Å²) in [5.74, 6) is 0.0422. The number of hydrogen-bond donors (Lipinski definition) is 0. The van der Waals surface area contributed by atoms with Gasteiger partial charge in [0.25, 0.3) is 5.91 Å². The summed E-state index contributed by atoms with van der Waals surface area (Å²) in [5.41, 5.74) is 2.93. The van der Waals surface area contributed by atoms with Gasteiger partial charge < -0.3 is 13.9 Å². The molecule has 1 amide bonds. The number of carbonyl (C=O) groups excluding carboxylic acids is 1. The fourth-order valence-electron chi connectivity index (χ4n) is 3.54. The molecule has 122 valence electrons. The van der Waals surface area contributed by atoms with Crippen molar-refractivity contribution in [2.45, 2.75) is 38.9 Å². The average Bonchev–Trinajstić information content (AvgIpc) is 3.29. The highest BCUT2D eigenvalue weighted by Gasteiger charge is 2.24. The first-order chi connectivity index (χ1) is 11.3. The summed E-state index contributed by atoms with van der Waals surface area (Å²) in [7, 11) is 0. The standard InChI is InChI=1S/C17H22N4O2/c22-17(14-4-9-23-12-14)20-7-3-8-21-13-18-15(16(21)11-20)10-19-5-1-2-6-19/h4,9,12-13H,1-3,5-8,10-11H2. The number of amides is 1. The lowest BCUT2D eigenvalue weighted by atomic mass is 10.2. The summed E-state index contributed by atoms with van der Waals surface area (Å²) < 4.78 is 7.27. The van der Waals surface area contributed by atoms with E-state index in [0.29, 0.717) is 12.1 Å². The number of nitrogens with zero attached hydrogens (tertiary/aromatic N) is 4. The molecule has 0 radical (unpaired) electrons. The van der Waals surface area contributed by atoms with Gasteiger partial charge in [0.15, 0.2) is 0 Å². The van der Waals surface area contributed by atoms with Crippen molar-refractivity contribution in [1.82, 2.24) is 19.4 Å². The molecule has 0 spiro atoms. The molecule has 23 heavy (non-hydrogen) atoms. The number of aromatic nitrogens is 2. The summed E-state index contributed by atoms with van der Waals surface area (Å²) in [5, 5.41) is 0. The molecule has 4 rings (SSSR count). The van der Waals surface area contributed by atoms with Gasteiger partial charge in [-0.3, -0.25) is 9.69 Å². The fraction of sp³-hybridized carbons (Fsp3) is 0.529. The monoisotopic (exact) mass is 314 g/mol. The highest BCUT2D eigenvalue weighted by Crippen LogP contribution is 2.21. The summed E-state index contributed by atoms with van der Waals surface area (Å²) in [4.78, 5) is 21.6. The maximum absolute atomic E-state index is 12.6. The van der Waals surface area contributed by atoms with E-state index in [4.69, 9.17) is 4.42 Å². The number of fused-ring (bicyclic) bond motifs is 1. The molecule has 0 atom stereocenters. The second-order valence-electron chi connectivity index (χ2n) is 6.41. The van der Waals surface area contributed by atoms with Crippen LogP contribution >= 0.6 is 0 Å². The highest BCUT2D eigenvalue weighted by atomic mass is 16.3. The van der Waals surface area contributed by atoms with Crippen LogP contribution < -0.4 is 0 Å². The lowest BCUT2D eigenvalue weighted by Crippen LogP contribution is -2.31. The maximum atomic E-state index is 12.6. The number of carbonyl (C=O) groups is 1. The molecule has 0 N–H and O–H groups in total. The Hall–Kier alpha value is -2.08. The normalized spacial score (nSPS) is 18.9. The molecule has 4 heterocycles. The van der Waals surface area contributed by atoms with Gasteiger partial charge in [0.05, 0.1) is 36.1 Å². The predicted molar refractivity (Wildman–Crippen MR) is 84.8 cm³/mol. The predicted octanol–water partition coefficient (Wildman–Crippen LogP) is 2.12. The summed E-state index contributed by atoms with van der Waals surface area (Å²) in [6.45, 7) is 5.55. The van der Waals surface area contributed by atoms with Crippen molar-refractivity contribution in [3.63, 3.8) is 0 Å². The molecular formula is C17H22N4O2. The third-order valence-corrected chi connectivity index (χ3v) is 4.83. The minimum Gasteiger partial charge on any atom is -0.472 e. The van der Waals surface area contributed by atoms with E-state index in [0.717, 1.165) is 44.8 Å². The van der Waals surface area contributed by atoms with Crippen molar-refractivity contribution in [3.05, 3.63) is 41.9 Å². The Balaban J connectivity index is 1.55. The van der Waals surface area contributed by atoms with Crippen LogP contribution in [0.4, 0.5) is 0 Å². The second kappa shape index (κ2) is 6.20. The van der Waals surface area contributed by atoms with Gasteiger partial charge in [-0.25, -0.2) is 4.98 Å². The van der Waals surface area contributed by atoms with Gasteiger partial charge >= 0.3 is 0 Å². The molecule has 6 nitrogen and oxygen atoms in total. The van der Waals surface area contributed by atoms with Crippen LogP contribution in [0.25, 0.3) is 0 Å². The number of imidazole rings is 1. The third-order valence-electron chi connectivity index (χ3n) is 4.83. The number of hydrogen-bond acceptors (Lipinski definition) is 4. The first-order valence-corrected chi connectivity index (χ1v) is 8.38. The van der Waals surface area contributed by atoms with Crippen LogP contribution in [0.15, 0.2) is 29.3 Å². The Morgan fingerprint density at radius 3 is 2.83 bits per heavy atom. The Bertz CT molecular complexity index is 671. The van der Waals surface area contributed by atoms with Crippen molar-refractivity contribution in [2.24, 2.45) is 0 Å². The summed E-state index contributed by atoms with van der Waals surface area (Å²) in [6, 6.07) is 1.73. The minimum atomic E-state index is 0.0422. The van der Waals surface area contributed by atoms with Crippen LogP contribution in [0.2, 0.25) is 0 Å². The average molecular weight is 314 g/mol. The molecule has 0 saturated carbocycles. The van der Waals surface area contributed by atoms with Crippen molar-refractivity contribution < 1.29 is 9.21 Å². The van der Waals surface area contributed by atoms with E-state index >= 15 is 0 Å². The Labute approximate surface area is 135 Å². The zero-order valence-corrected chi connectivity index (χ0v) is 13.3. The lowest BCUT2D eigenvalue weighted by molar-refractivity contribution is 0.0744. The Morgan fingerprint density at radius 1 is 1.17 bits per heavy atom. The largest absolute Gasteiger partial charge is 0.472 e. The van der Waals surface area contributed by atoms with Gasteiger partial charge in [0, 0.05) is 19.6 Å². The lowest BCUT2D eigenvalue weighted by Gasteiger charge is -2.21. The third kappa shape index (κ3) is 2.91. The molecule has 2 aromatic heterocycles. The smallest absolute Gasteiger partial charge is 0.257 e. The molecule has 2 aliphatic heterocycles. The molecule has 1 fully saturated rings. The number of likely N-dealkylation sites (tertiary alicyclic amines) is 1. The van der Waals surface area contributed by atoms with E-state index in [-0.39, 0.29) is 5.91 Å². The second-order valence-corrected chi connectivity index (χ2v) is 6.41. The van der Waals surface area contributed by atoms with Crippen LogP contribution in [0.1, 0.15) is 41.0 Å². The van der Waals surface area contributed by atoms with Gasteiger partial charge in [-0.2, -0.15) is 0 Å². The summed E-state index contributed by atoms with van der Waals surface area (Å²) in [6.07, 6.45) is 8.52. The van der Waals surface area contributed by atoms with Crippen LogP contribution in [-0.4, -0.2) is 44.9 Å². The molecule has 0 bridgehead atoms. The first kappa shape index (κ1) is 14.5. The van der Waals surface area contributed by atoms with Gasteiger partial charge in [-0.15, -0.1) is 0 Å². The van der Waals surface area contributed by atoms with Gasteiger partial charge in [0.2, 0.25) is 0 Å². The van der Waals surface area contributed by atoms with E-state index in [9.17, 15) is 4.79 Å². The van der Waals surface area contributed by atoms with Crippen molar-refractivity contribution in [1.29, 1.82) is 0 Å². The van der Waals surface area contributed by atoms with Crippen LogP contribution in [0.3, 0.4) is 0 Å². The van der Waals surface area contributed by atoms with Gasteiger partial charge in [-0.1, -0.05) is 0 Å². The maximum Gasteiger partial charge on any atom is 0.257 e. The topological polar surface area (TPSA) is 54.5 Å². The van der Waals surface area contributed by atoms with Crippen LogP contribution in [-0.2, 0) is 19.6 Å². The number of rotatable bonds is 3. The zero-order chi connectivity index (χ0) is 15.6.